The van der Waals surface area contributed by atoms with Crippen LogP contribution in [0.15, 0.2) is 24.3 Å². The first kappa shape index (κ1) is 16.5. The van der Waals surface area contributed by atoms with E-state index in [-0.39, 0.29) is 12.1 Å². The Morgan fingerprint density at radius 1 is 1.50 bits per heavy atom. The molecule has 1 saturated heterocycles. The minimum atomic E-state index is -0.0609. The van der Waals surface area contributed by atoms with Gasteiger partial charge in [-0.15, -0.1) is 0 Å². The van der Waals surface area contributed by atoms with Gasteiger partial charge in [-0.25, -0.2) is 4.79 Å². The highest BCUT2D eigenvalue weighted by molar-refractivity contribution is 5.74. The summed E-state index contributed by atoms with van der Waals surface area (Å²) in [6.07, 6.45) is 2.04. The first-order valence-electron chi connectivity index (χ1n) is 8.05. The zero-order valence-electron chi connectivity index (χ0n) is 13.8. The van der Waals surface area contributed by atoms with E-state index in [0.717, 1.165) is 38.2 Å². The van der Waals surface area contributed by atoms with E-state index in [1.54, 1.807) is 7.11 Å². The van der Waals surface area contributed by atoms with Crippen LogP contribution in [0.5, 0.6) is 5.75 Å². The Kier molecular flexibility index (Phi) is 5.92. The van der Waals surface area contributed by atoms with Crippen LogP contribution in [0, 0.1) is 5.92 Å². The van der Waals surface area contributed by atoms with E-state index < -0.39 is 0 Å². The van der Waals surface area contributed by atoms with Crippen LogP contribution in [0.2, 0.25) is 0 Å². The Bertz CT molecular complexity index is 493. The van der Waals surface area contributed by atoms with Crippen LogP contribution in [0.4, 0.5) is 10.5 Å². The van der Waals surface area contributed by atoms with Gasteiger partial charge in [0.05, 0.1) is 7.11 Å². The number of hydrogen-bond acceptors (Lipinski definition) is 3. The Hall–Kier alpha value is -1.91. The van der Waals surface area contributed by atoms with Crippen molar-refractivity contribution in [2.75, 3.05) is 31.6 Å². The molecular weight excluding hydrogens is 278 g/mol. The van der Waals surface area contributed by atoms with Crippen molar-refractivity contribution in [3.05, 3.63) is 24.3 Å². The smallest absolute Gasteiger partial charge is 0.315 e. The van der Waals surface area contributed by atoms with Crippen LogP contribution in [0.1, 0.15) is 26.7 Å². The number of methoxy groups -OCH3 is 1. The quantitative estimate of drug-likeness (QED) is 0.849. The highest BCUT2D eigenvalue weighted by Gasteiger charge is 2.23. The topological polar surface area (TPSA) is 53.6 Å². The molecule has 0 bridgehead atoms. The second kappa shape index (κ2) is 7.92. The van der Waals surface area contributed by atoms with Gasteiger partial charge in [0.1, 0.15) is 5.75 Å². The molecule has 2 unspecified atom stereocenters. The van der Waals surface area contributed by atoms with E-state index in [0.29, 0.717) is 5.92 Å². The van der Waals surface area contributed by atoms with Crippen molar-refractivity contribution in [3.8, 4) is 5.75 Å². The van der Waals surface area contributed by atoms with Crippen LogP contribution in [0.3, 0.4) is 0 Å². The molecule has 122 valence electrons. The van der Waals surface area contributed by atoms with Crippen LogP contribution >= 0.6 is 0 Å². The molecule has 1 aromatic carbocycles. The first-order valence-corrected chi connectivity index (χ1v) is 8.05. The van der Waals surface area contributed by atoms with E-state index in [2.05, 4.69) is 34.6 Å². The van der Waals surface area contributed by atoms with Crippen molar-refractivity contribution in [1.29, 1.82) is 0 Å². The summed E-state index contributed by atoms with van der Waals surface area (Å²) in [6.45, 7) is 6.79. The predicted octanol–water partition coefficient (Wildman–Crippen LogP) is 2.62. The summed E-state index contributed by atoms with van der Waals surface area (Å²) in [4.78, 5) is 14.1. The fourth-order valence-electron chi connectivity index (χ4n) is 2.65. The molecule has 1 heterocycles. The van der Waals surface area contributed by atoms with Gasteiger partial charge >= 0.3 is 6.03 Å². The summed E-state index contributed by atoms with van der Waals surface area (Å²) < 4.78 is 5.28. The fourth-order valence-corrected chi connectivity index (χ4v) is 2.65. The van der Waals surface area contributed by atoms with Crippen LogP contribution in [-0.4, -0.2) is 38.8 Å². The zero-order valence-corrected chi connectivity index (χ0v) is 13.8. The lowest BCUT2D eigenvalue weighted by atomic mass is 10.1. The molecule has 1 aliphatic heterocycles. The summed E-state index contributed by atoms with van der Waals surface area (Å²) in [5, 5.41) is 5.91. The lowest BCUT2D eigenvalue weighted by Crippen LogP contribution is -2.42. The summed E-state index contributed by atoms with van der Waals surface area (Å²) in [6, 6.07) is 8.29. The molecule has 1 aliphatic rings. The SMILES string of the molecule is CCC(C)NC(=O)NCC1CCN(c2cccc(OC)c2)C1. The fraction of sp³-hybridized carbons (Fsp3) is 0.588. The van der Waals surface area contributed by atoms with E-state index in [1.165, 1.54) is 5.69 Å². The van der Waals surface area contributed by atoms with E-state index >= 15 is 0 Å². The molecule has 0 spiro atoms. The number of anilines is 1. The van der Waals surface area contributed by atoms with Crippen molar-refractivity contribution in [1.82, 2.24) is 10.6 Å². The molecular formula is C17H27N3O2. The van der Waals surface area contributed by atoms with Crippen LogP contribution in [-0.2, 0) is 0 Å². The van der Waals surface area contributed by atoms with Gasteiger partial charge in [-0.3, -0.25) is 0 Å². The molecule has 1 aromatic rings. The Morgan fingerprint density at radius 2 is 2.32 bits per heavy atom. The van der Waals surface area contributed by atoms with Crippen molar-refractivity contribution in [3.63, 3.8) is 0 Å². The number of nitrogens with one attached hydrogen (secondary N) is 2. The summed E-state index contributed by atoms with van der Waals surface area (Å²) >= 11 is 0. The average molecular weight is 305 g/mol. The minimum absolute atomic E-state index is 0.0609. The largest absolute Gasteiger partial charge is 0.497 e. The Balaban J connectivity index is 1.79. The van der Waals surface area contributed by atoms with Crippen molar-refractivity contribution < 1.29 is 9.53 Å². The van der Waals surface area contributed by atoms with E-state index in [9.17, 15) is 4.79 Å². The molecule has 0 radical (unpaired) electrons. The van der Waals surface area contributed by atoms with Gasteiger partial charge in [0.25, 0.3) is 0 Å². The van der Waals surface area contributed by atoms with Gasteiger partial charge in [-0.2, -0.15) is 0 Å². The standard InChI is InChI=1S/C17H27N3O2/c1-4-13(2)19-17(21)18-11-14-8-9-20(12-14)15-6-5-7-16(10-15)22-3/h5-7,10,13-14H,4,8-9,11-12H2,1-3H3,(H2,18,19,21). The predicted molar refractivity (Wildman–Crippen MR) is 89.6 cm³/mol. The van der Waals surface area contributed by atoms with Gasteiger partial charge in [-0.05, 0) is 37.8 Å². The number of carbonyl (C=O) groups excluding carboxylic acids is 1. The molecule has 2 rings (SSSR count). The van der Waals surface area contributed by atoms with Gasteiger partial charge < -0.3 is 20.3 Å². The van der Waals surface area contributed by atoms with Gasteiger partial charge in [0, 0.05) is 37.4 Å². The number of urea groups is 1. The molecule has 22 heavy (non-hydrogen) atoms. The van der Waals surface area contributed by atoms with Gasteiger partial charge in [0.15, 0.2) is 0 Å². The number of rotatable bonds is 6. The molecule has 0 aromatic heterocycles. The highest BCUT2D eigenvalue weighted by Crippen LogP contribution is 2.26. The number of hydrogen-bond donors (Lipinski definition) is 2. The molecule has 0 saturated carbocycles. The molecule has 2 N–H and O–H groups in total. The molecule has 2 amide bonds. The molecule has 2 atom stereocenters. The third-order valence-electron chi connectivity index (χ3n) is 4.25. The average Bonchev–Trinajstić information content (AvgIpc) is 3.02. The second-order valence-electron chi connectivity index (χ2n) is 5.97. The van der Waals surface area contributed by atoms with Crippen LogP contribution < -0.4 is 20.3 Å². The normalized spacial score (nSPS) is 18.9. The lowest BCUT2D eigenvalue weighted by molar-refractivity contribution is 0.236. The molecule has 1 fully saturated rings. The summed E-state index contributed by atoms with van der Waals surface area (Å²) in [5.41, 5.74) is 1.19. The number of nitrogens with zero attached hydrogens (tertiary/aromatic N) is 1. The summed E-state index contributed by atoms with van der Waals surface area (Å²) in [7, 11) is 1.69. The van der Waals surface area contributed by atoms with Crippen LogP contribution in [0.25, 0.3) is 0 Å². The number of benzene rings is 1. The van der Waals surface area contributed by atoms with Gasteiger partial charge in [0.2, 0.25) is 0 Å². The second-order valence-corrected chi connectivity index (χ2v) is 5.97. The molecule has 5 nitrogen and oxygen atoms in total. The zero-order chi connectivity index (χ0) is 15.9. The van der Waals surface area contributed by atoms with E-state index in [4.69, 9.17) is 4.74 Å². The summed E-state index contributed by atoms with van der Waals surface area (Å²) in [5.74, 6) is 1.38. The van der Waals surface area contributed by atoms with Crippen molar-refractivity contribution in [2.24, 2.45) is 5.92 Å². The number of amides is 2. The first-order chi connectivity index (χ1) is 10.6. The Labute approximate surface area is 133 Å². The van der Waals surface area contributed by atoms with Gasteiger partial charge in [-0.1, -0.05) is 13.0 Å². The van der Waals surface area contributed by atoms with Crippen molar-refractivity contribution >= 4 is 11.7 Å². The minimum Gasteiger partial charge on any atom is -0.497 e. The highest BCUT2D eigenvalue weighted by atomic mass is 16.5. The lowest BCUT2D eigenvalue weighted by Gasteiger charge is -2.20. The van der Waals surface area contributed by atoms with Crippen molar-refractivity contribution in [2.45, 2.75) is 32.7 Å². The molecule has 0 aliphatic carbocycles. The monoisotopic (exact) mass is 305 g/mol. The third kappa shape index (κ3) is 4.55. The number of ether oxygens (including phenoxy) is 1. The maximum Gasteiger partial charge on any atom is 0.315 e. The Morgan fingerprint density at radius 3 is 3.05 bits per heavy atom. The molecule has 5 heteroatoms. The maximum atomic E-state index is 11.8. The van der Waals surface area contributed by atoms with E-state index in [1.807, 2.05) is 19.1 Å². The maximum absolute atomic E-state index is 11.8. The third-order valence-corrected chi connectivity index (χ3v) is 4.25. The number of carbonyl (C=O) groups is 1.